The Labute approximate surface area is 169 Å². The summed E-state index contributed by atoms with van der Waals surface area (Å²) in [4.78, 5) is 11.1. The summed E-state index contributed by atoms with van der Waals surface area (Å²) in [5, 5.41) is 12.5. The number of hydrogen-bond donors (Lipinski definition) is 2. The molecule has 139 valence electrons. The maximum absolute atomic E-state index is 11.1. The minimum atomic E-state index is -0.155. The van der Waals surface area contributed by atoms with Crippen LogP contribution in [0.25, 0.3) is 10.9 Å². The molecule has 4 aromatic rings. The Balaban J connectivity index is 1.53. The van der Waals surface area contributed by atoms with E-state index in [9.17, 15) is 4.79 Å². The van der Waals surface area contributed by atoms with Crippen molar-refractivity contribution in [2.24, 2.45) is 0 Å². The molecule has 0 saturated heterocycles. The zero-order valence-electron chi connectivity index (χ0n) is 15.3. The number of anilines is 1. The SMILES string of the molecule is CC(=O)Nc1ccc(C[As]c2[nH]nc3cccc(Oc4ccccc4)c23)cc1. The second-order valence-corrected chi connectivity index (χ2v) is 8.60. The first-order chi connectivity index (χ1) is 13.7. The van der Waals surface area contributed by atoms with Crippen LogP contribution in [0.15, 0.2) is 72.8 Å². The third-order valence-corrected chi connectivity index (χ3v) is 6.63. The van der Waals surface area contributed by atoms with E-state index in [1.807, 2.05) is 60.7 Å². The molecule has 0 atom stereocenters. The van der Waals surface area contributed by atoms with Gasteiger partial charge in [-0.05, 0) is 0 Å². The van der Waals surface area contributed by atoms with Crippen molar-refractivity contribution in [2.45, 2.75) is 12.1 Å². The van der Waals surface area contributed by atoms with Crippen molar-refractivity contribution in [3.05, 3.63) is 78.4 Å². The molecule has 3 aromatic carbocycles. The molecule has 1 heterocycles. The Kier molecular flexibility index (Phi) is 5.45. The summed E-state index contributed by atoms with van der Waals surface area (Å²) >= 11 is -0.155. The molecule has 5 nitrogen and oxygen atoms in total. The van der Waals surface area contributed by atoms with Gasteiger partial charge in [-0.1, -0.05) is 0 Å². The molecular formula is C22H19AsN3O2. The first-order valence-corrected chi connectivity index (χ1v) is 11.2. The fraction of sp³-hybridized carbons (Fsp3) is 0.0909. The number of rotatable bonds is 6. The van der Waals surface area contributed by atoms with Crippen molar-refractivity contribution in [3.63, 3.8) is 0 Å². The van der Waals surface area contributed by atoms with Crippen molar-refractivity contribution in [1.29, 1.82) is 0 Å². The number of hydrogen-bond acceptors (Lipinski definition) is 3. The number of carbonyl (C=O) groups excluding carboxylic acids is 1. The molecule has 1 amide bonds. The molecule has 0 aliphatic rings. The van der Waals surface area contributed by atoms with Crippen LogP contribution in [0.4, 0.5) is 5.69 Å². The van der Waals surface area contributed by atoms with Crippen LogP contribution in [-0.4, -0.2) is 31.9 Å². The van der Waals surface area contributed by atoms with Gasteiger partial charge in [0.2, 0.25) is 0 Å². The Bertz CT molecular complexity index is 1090. The van der Waals surface area contributed by atoms with Crippen molar-refractivity contribution >= 4 is 42.7 Å². The normalized spacial score (nSPS) is 11.2. The molecule has 0 aliphatic carbocycles. The van der Waals surface area contributed by atoms with E-state index in [1.165, 1.54) is 12.5 Å². The predicted molar refractivity (Wildman–Crippen MR) is 112 cm³/mol. The van der Waals surface area contributed by atoms with Crippen LogP contribution in [-0.2, 0) is 10.0 Å². The van der Waals surface area contributed by atoms with E-state index in [0.717, 1.165) is 37.8 Å². The number of aromatic nitrogens is 2. The number of ether oxygens (including phenoxy) is 1. The van der Waals surface area contributed by atoms with Crippen molar-refractivity contribution in [1.82, 2.24) is 10.2 Å². The van der Waals surface area contributed by atoms with Gasteiger partial charge in [0.05, 0.1) is 0 Å². The quantitative estimate of drug-likeness (QED) is 0.455. The average molecular weight is 432 g/mol. The van der Waals surface area contributed by atoms with Crippen LogP contribution in [0.2, 0.25) is 0 Å². The summed E-state index contributed by atoms with van der Waals surface area (Å²) in [6.07, 6.45) is 0. The van der Waals surface area contributed by atoms with Gasteiger partial charge in [-0.3, -0.25) is 0 Å². The Morgan fingerprint density at radius 1 is 1.04 bits per heavy atom. The fourth-order valence-electron chi connectivity index (χ4n) is 2.90. The number of nitrogens with zero attached hydrogens (tertiary/aromatic N) is 1. The number of para-hydroxylation sites is 1. The van der Waals surface area contributed by atoms with Gasteiger partial charge in [0.15, 0.2) is 0 Å². The van der Waals surface area contributed by atoms with Crippen molar-refractivity contribution in [3.8, 4) is 11.5 Å². The van der Waals surface area contributed by atoms with Gasteiger partial charge in [0.1, 0.15) is 0 Å². The standard InChI is InChI=1S/C22H19AsN3O2/c1-15(27)24-17-12-10-16(11-13-17)14-23-22-21-19(25-26-22)8-5-9-20(21)28-18-6-3-2-4-7-18/h2-13H,14H2,1H3,(H,24,27)(H,25,26). The second-order valence-electron chi connectivity index (χ2n) is 6.33. The number of amides is 1. The van der Waals surface area contributed by atoms with Crippen molar-refractivity contribution in [2.75, 3.05) is 5.32 Å². The summed E-state index contributed by atoms with van der Waals surface area (Å²) in [6, 6.07) is 23.7. The minimum absolute atomic E-state index is 0.0612. The molecule has 4 rings (SSSR count). The zero-order chi connectivity index (χ0) is 19.3. The fourth-order valence-corrected chi connectivity index (χ4v) is 5.12. The molecule has 28 heavy (non-hydrogen) atoms. The molecule has 1 aromatic heterocycles. The molecule has 0 fully saturated rings. The number of carbonyl (C=O) groups is 1. The van der Waals surface area contributed by atoms with E-state index < -0.39 is 0 Å². The predicted octanol–water partition coefficient (Wildman–Crippen LogP) is 3.84. The number of nitrogens with one attached hydrogen (secondary N) is 2. The van der Waals surface area contributed by atoms with Gasteiger partial charge < -0.3 is 0 Å². The van der Waals surface area contributed by atoms with Gasteiger partial charge in [-0.2, -0.15) is 0 Å². The average Bonchev–Trinajstić information content (AvgIpc) is 3.12. The van der Waals surface area contributed by atoms with Crippen LogP contribution >= 0.6 is 0 Å². The van der Waals surface area contributed by atoms with Crippen LogP contribution in [0.1, 0.15) is 12.5 Å². The third kappa shape index (κ3) is 4.26. The third-order valence-electron chi connectivity index (χ3n) is 4.19. The molecule has 0 spiro atoms. The Morgan fingerprint density at radius 2 is 1.82 bits per heavy atom. The topological polar surface area (TPSA) is 67.0 Å². The van der Waals surface area contributed by atoms with E-state index in [1.54, 1.807) is 0 Å². The Morgan fingerprint density at radius 3 is 2.57 bits per heavy atom. The molecule has 0 bridgehead atoms. The summed E-state index contributed by atoms with van der Waals surface area (Å²) in [5.74, 6) is 1.57. The van der Waals surface area contributed by atoms with E-state index >= 15 is 0 Å². The number of benzene rings is 3. The van der Waals surface area contributed by atoms with Crippen LogP contribution < -0.4 is 14.5 Å². The van der Waals surface area contributed by atoms with E-state index in [4.69, 9.17) is 4.74 Å². The van der Waals surface area contributed by atoms with Crippen molar-refractivity contribution < 1.29 is 9.53 Å². The molecule has 1 radical (unpaired) electrons. The van der Waals surface area contributed by atoms with E-state index in [2.05, 4.69) is 27.6 Å². The molecule has 6 heteroatoms. The van der Waals surface area contributed by atoms with Gasteiger partial charge in [0, 0.05) is 0 Å². The Hall–Kier alpha value is -3.04. The van der Waals surface area contributed by atoms with Crippen LogP contribution in [0.3, 0.4) is 0 Å². The summed E-state index contributed by atoms with van der Waals surface area (Å²) in [7, 11) is 0. The van der Waals surface area contributed by atoms with Crippen LogP contribution in [0, 0.1) is 0 Å². The molecule has 0 saturated carbocycles. The number of fused-ring (bicyclic) bond motifs is 1. The van der Waals surface area contributed by atoms with Gasteiger partial charge >= 0.3 is 170 Å². The monoisotopic (exact) mass is 432 g/mol. The van der Waals surface area contributed by atoms with Gasteiger partial charge in [0.25, 0.3) is 0 Å². The molecule has 0 aliphatic heterocycles. The summed E-state index contributed by atoms with van der Waals surface area (Å²) in [6.45, 7) is 1.51. The number of aromatic amines is 1. The van der Waals surface area contributed by atoms with Gasteiger partial charge in [-0.25, -0.2) is 0 Å². The molecule has 0 unspecified atom stereocenters. The second kappa shape index (κ2) is 8.32. The molecular weight excluding hydrogens is 413 g/mol. The zero-order valence-corrected chi connectivity index (χ0v) is 17.2. The summed E-state index contributed by atoms with van der Waals surface area (Å²) in [5.41, 5.74) is 2.97. The summed E-state index contributed by atoms with van der Waals surface area (Å²) < 4.78 is 7.25. The first-order valence-electron chi connectivity index (χ1n) is 8.93. The van der Waals surface area contributed by atoms with Crippen LogP contribution in [0.5, 0.6) is 11.5 Å². The molecule has 2 N–H and O–H groups in total. The van der Waals surface area contributed by atoms with E-state index in [-0.39, 0.29) is 21.7 Å². The maximum atomic E-state index is 11.1. The van der Waals surface area contributed by atoms with Gasteiger partial charge in [-0.15, -0.1) is 0 Å². The van der Waals surface area contributed by atoms with E-state index in [0.29, 0.717) is 0 Å². The number of H-pyrrole nitrogens is 1. The first kappa shape index (κ1) is 18.3.